The van der Waals surface area contributed by atoms with E-state index >= 15 is 0 Å². The van der Waals surface area contributed by atoms with Crippen LogP contribution in [0.5, 0.6) is 5.75 Å². The summed E-state index contributed by atoms with van der Waals surface area (Å²) in [5, 5.41) is 14.9. The maximum absolute atomic E-state index is 12.3. The van der Waals surface area contributed by atoms with Crippen molar-refractivity contribution in [1.29, 1.82) is 0 Å². The Hall–Kier alpha value is -2.52. The minimum absolute atomic E-state index is 0.0434. The van der Waals surface area contributed by atoms with Gasteiger partial charge in [0, 0.05) is 19.5 Å². The van der Waals surface area contributed by atoms with Crippen LogP contribution in [0.1, 0.15) is 30.8 Å². The van der Waals surface area contributed by atoms with Crippen LogP contribution in [0.4, 0.5) is 0 Å². The van der Waals surface area contributed by atoms with Crippen molar-refractivity contribution in [3.05, 3.63) is 35.7 Å². The molecule has 0 saturated carbocycles. The SMILES string of the molecule is COc1cccc([C@@H](C)NC(=O)CCn2nnnc2CN2CCOCC2)c1. The van der Waals surface area contributed by atoms with Gasteiger partial charge in [-0.15, -0.1) is 5.10 Å². The van der Waals surface area contributed by atoms with Gasteiger partial charge in [-0.1, -0.05) is 12.1 Å². The van der Waals surface area contributed by atoms with Crippen LogP contribution in [-0.2, 0) is 22.6 Å². The second-order valence-corrected chi connectivity index (χ2v) is 6.52. The predicted molar refractivity (Wildman–Crippen MR) is 98.1 cm³/mol. The number of morpholine rings is 1. The zero-order valence-corrected chi connectivity index (χ0v) is 15.8. The number of methoxy groups -OCH3 is 1. The summed E-state index contributed by atoms with van der Waals surface area (Å²) in [4.78, 5) is 14.6. The molecule has 9 nitrogen and oxygen atoms in total. The van der Waals surface area contributed by atoms with Gasteiger partial charge in [-0.3, -0.25) is 9.69 Å². The summed E-state index contributed by atoms with van der Waals surface area (Å²) < 4.78 is 12.3. The van der Waals surface area contributed by atoms with Crippen molar-refractivity contribution in [3.63, 3.8) is 0 Å². The lowest BCUT2D eigenvalue weighted by molar-refractivity contribution is -0.122. The number of tetrazole rings is 1. The molecular formula is C18H26N6O3. The van der Waals surface area contributed by atoms with Crippen molar-refractivity contribution in [2.75, 3.05) is 33.4 Å². The number of benzene rings is 1. The fourth-order valence-corrected chi connectivity index (χ4v) is 2.98. The van der Waals surface area contributed by atoms with Gasteiger partial charge < -0.3 is 14.8 Å². The third-order valence-corrected chi connectivity index (χ3v) is 4.60. The molecule has 146 valence electrons. The summed E-state index contributed by atoms with van der Waals surface area (Å²) in [6, 6.07) is 7.58. The van der Waals surface area contributed by atoms with E-state index in [1.54, 1.807) is 11.8 Å². The third kappa shape index (κ3) is 5.48. The number of carbonyl (C=O) groups is 1. The molecule has 1 N–H and O–H groups in total. The van der Waals surface area contributed by atoms with Crippen LogP contribution >= 0.6 is 0 Å². The number of hydrogen-bond acceptors (Lipinski definition) is 7. The maximum Gasteiger partial charge on any atom is 0.222 e. The molecule has 1 amide bonds. The summed E-state index contributed by atoms with van der Waals surface area (Å²) in [7, 11) is 1.63. The number of nitrogens with zero attached hydrogens (tertiary/aromatic N) is 5. The lowest BCUT2D eigenvalue weighted by atomic mass is 10.1. The Labute approximate surface area is 158 Å². The summed E-state index contributed by atoms with van der Waals surface area (Å²) in [6.07, 6.45) is 0.315. The van der Waals surface area contributed by atoms with E-state index in [0.717, 1.165) is 43.4 Å². The number of nitrogens with one attached hydrogen (secondary N) is 1. The maximum atomic E-state index is 12.3. The van der Waals surface area contributed by atoms with Crippen LogP contribution in [0.2, 0.25) is 0 Å². The highest BCUT2D eigenvalue weighted by molar-refractivity contribution is 5.76. The fourth-order valence-electron chi connectivity index (χ4n) is 2.98. The van der Waals surface area contributed by atoms with Crippen LogP contribution < -0.4 is 10.1 Å². The van der Waals surface area contributed by atoms with Crippen molar-refractivity contribution in [1.82, 2.24) is 30.4 Å². The van der Waals surface area contributed by atoms with E-state index < -0.39 is 0 Å². The van der Waals surface area contributed by atoms with Gasteiger partial charge in [-0.2, -0.15) is 0 Å². The molecular weight excluding hydrogens is 348 g/mol. The minimum atomic E-state index is -0.103. The van der Waals surface area contributed by atoms with Crippen LogP contribution in [0.25, 0.3) is 0 Å². The molecule has 0 aliphatic carbocycles. The Balaban J connectivity index is 1.49. The van der Waals surface area contributed by atoms with Crippen molar-refractivity contribution in [3.8, 4) is 5.75 Å². The highest BCUT2D eigenvalue weighted by Gasteiger charge is 2.16. The summed E-state index contributed by atoms with van der Waals surface area (Å²) in [5.41, 5.74) is 0.998. The van der Waals surface area contributed by atoms with Crippen molar-refractivity contribution >= 4 is 5.91 Å². The van der Waals surface area contributed by atoms with Gasteiger partial charge in [0.2, 0.25) is 5.91 Å². The Morgan fingerprint density at radius 3 is 2.96 bits per heavy atom. The highest BCUT2D eigenvalue weighted by atomic mass is 16.5. The van der Waals surface area contributed by atoms with E-state index in [2.05, 4.69) is 25.7 Å². The molecule has 1 saturated heterocycles. The second kappa shape index (κ2) is 9.43. The van der Waals surface area contributed by atoms with E-state index in [4.69, 9.17) is 9.47 Å². The minimum Gasteiger partial charge on any atom is -0.497 e. The lowest BCUT2D eigenvalue weighted by Gasteiger charge is -2.25. The Morgan fingerprint density at radius 2 is 2.19 bits per heavy atom. The first-order valence-electron chi connectivity index (χ1n) is 9.14. The number of aromatic nitrogens is 4. The van der Waals surface area contributed by atoms with Gasteiger partial charge in [0.25, 0.3) is 0 Å². The summed E-state index contributed by atoms with van der Waals surface area (Å²) in [6.45, 7) is 6.25. The smallest absolute Gasteiger partial charge is 0.222 e. The molecule has 1 aliphatic rings. The molecule has 1 aromatic heterocycles. The first-order valence-corrected chi connectivity index (χ1v) is 9.14. The monoisotopic (exact) mass is 374 g/mol. The number of ether oxygens (including phenoxy) is 2. The lowest BCUT2D eigenvalue weighted by Crippen LogP contribution is -2.36. The van der Waals surface area contributed by atoms with Gasteiger partial charge in [0.1, 0.15) is 5.75 Å². The molecule has 1 aromatic carbocycles. The molecule has 0 bridgehead atoms. The Morgan fingerprint density at radius 1 is 1.37 bits per heavy atom. The molecule has 2 aromatic rings. The zero-order valence-electron chi connectivity index (χ0n) is 15.8. The normalized spacial score (nSPS) is 16.1. The summed E-state index contributed by atoms with van der Waals surface area (Å²) in [5.74, 6) is 1.50. The van der Waals surface area contributed by atoms with Gasteiger partial charge in [-0.25, -0.2) is 4.68 Å². The van der Waals surface area contributed by atoms with Gasteiger partial charge in [0.05, 0.1) is 39.5 Å². The molecule has 1 aliphatic heterocycles. The standard InChI is InChI=1S/C18H26N6O3/c1-14(15-4-3-5-16(12-15)26-2)19-18(25)6-7-24-17(20-21-22-24)13-23-8-10-27-11-9-23/h3-5,12,14H,6-11,13H2,1-2H3,(H,19,25)/t14-/m1/s1. The van der Waals surface area contributed by atoms with Crippen LogP contribution in [-0.4, -0.2) is 64.4 Å². The zero-order chi connectivity index (χ0) is 19.1. The molecule has 0 unspecified atom stereocenters. The van der Waals surface area contributed by atoms with E-state index in [9.17, 15) is 4.79 Å². The van der Waals surface area contributed by atoms with E-state index in [-0.39, 0.29) is 11.9 Å². The van der Waals surface area contributed by atoms with Gasteiger partial charge in [-0.05, 0) is 35.0 Å². The summed E-state index contributed by atoms with van der Waals surface area (Å²) >= 11 is 0. The quantitative estimate of drug-likeness (QED) is 0.730. The van der Waals surface area contributed by atoms with Crippen LogP contribution in [0.3, 0.4) is 0 Å². The average molecular weight is 374 g/mol. The van der Waals surface area contributed by atoms with Crippen LogP contribution in [0.15, 0.2) is 24.3 Å². The predicted octanol–water partition coefficient (Wildman–Crippen LogP) is 0.781. The first kappa shape index (κ1) is 19.2. The second-order valence-electron chi connectivity index (χ2n) is 6.52. The largest absolute Gasteiger partial charge is 0.497 e. The number of hydrogen-bond donors (Lipinski definition) is 1. The van der Waals surface area contributed by atoms with Crippen molar-refractivity contribution in [2.45, 2.75) is 32.5 Å². The van der Waals surface area contributed by atoms with Gasteiger partial charge in [0.15, 0.2) is 5.82 Å². The van der Waals surface area contributed by atoms with Crippen LogP contribution in [0, 0.1) is 0 Å². The number of amides is 1. The number of carbonyl (C=O) groups excluding carboxylic acids is 1. The van der Waals surface area contributed by atoms with E-state index in [1.807, 2.05) is 31.2 Å². The van der Waals surface area contributed by atoms with E-state index in [1.165, 1.54) is 0 Å². The number of rotatable bonds is 8. The fraction of sp³-hybridized carbons (Fsp3) is 0.556. The Bertz CT molecular complexity index is 744. The highest BCUT2D eigenvalue weighted by Crippen LogP contribution is 2.18. The van der Waals surface area contributed by atoms with E-state index in [0.29, 0.717) is 19.5 Å². The third-order valence-electron chi connectivity index (χ3n) is 4.60. The average Bonchev–Trinajstić information content (AvgIpc) is 3.14. The molecule has 1 atom stereocenters. The van der Waals surface area contributed by atoms with Crippen molar-refractivity contribution in [2.24, 2.45) is 0 Å². The number of aryl methyl sites for hydroxylation is 1. The molecule has 2 heterocycles. The molecule has 0 radical (unpaired) electrons. The van der Waals surface area contributed by atoms with Gasteiger partial charge >= 0.3 is 0 Å². The molecule has 0 spiro atoms. The molecule has 9 heteroatoms. The molecule has 27 heavy (non-hydrogen) atoms. The Kier molecular flexibility index (Phi) is 6.72. The topological polar surface area (TPSA) is 94.4 Å². The molecule has 3 rings (SSSR count). The molecule has 1 fully saturated rings. The first-order chi connectivity index (χ1) is 13.2. The van der Waals surface area contributed by atoms with Crippen molar-refractivity contribution < 1.29 is 14.3 Å².